The first-order valence-corrected chi connectivity index (χ1v) is 10.6. The maximum Gasteiger partial charge on any atom is 0.258 e. The molecule has 5 heteroatoms. The van der Waals surface area contributed by atoms with Crippen LogP contribution in [0.5, 0.6) is 5.75 Å². The molecule has 1 heterocycles. The zero-order valence-corrected chi connectivity index (χ0v) is 18.8. The van der Waals surface area contributed by atoms with Gasteiger partial charge in [-0.15, -0.1) is 0 Å². The van der Waals surface area contributed by atoms with E-state index < -0.39 is 0 Å². The molecule has 0 bridgehead atoms. The van der Waals surface area contributed by atoms with E-state index in [0.29, 0.717) is 30.3 Å². The number of nitrogens with zero attached hydrogens (tertiary/aromatic N) is 2. The maximum absolute atomic E-state index is 13.5. The molecule has 3 rings (SSSR count). The molecule has 4 nitrogen and oxygen atoms in total. The van der Waals surface area contributed by atoms with E-state index in [-0.39, 0.29) is 11.9 Å². The average molecular weight is 425 g/mol. The lowest BCUT2D eigenvalue weighted by Crippen LogP contribution is -2.41. The highest BCUT2D eigenvalue weighted by molar-refractivity contribution is 6.30. The number of ether oxygens (including phenoxy) is 1. The molecule has 1 atom stereocenters. The van der Waals surface area contributed by atoms with Gasteiger partial charge in [0.15, 0.2) is 0 Å². The molecule has 0 saturated heterocycles. The average Bonchev–Trinajstić information content (AvgIpc) is 3.17. The number of halogens is 1. The highest BCUT2D eigenvalue weighted by atomic mass is 35.5. The van der Waals surface area contributed by atoms with Crippen LogP contribution in [0.25, 0.3) is 0 Å². The van der Waals surface area contributed by atoms with Gasteiger partial charge in [0.25, 0.3) is 5.91 Å². The Bertz CT molecular complexity index is 996. The highest BCUT2D eigenvalue weighted by Gasteiger charge is 2.26. The Morgan fingerprint density at radius 3 is 2.53 bits per heavy atom. The first kappa shape index (κ1) is 22.0. The molecule has 0 spiro atoms. The smallest absolute Gasteiger partial charge is 0.258 e. The van der Waals surface area contributed by atoms with Crippen LogP contribution in [0, 0.1) is 5.92 Å². The van der Waals surface area contributed by atoms with E-state index in [4.69, 9.17) is 16.3 Å². The summed E-state index contributed by atoms with van der Waals surface area (Å²) in [5.41, 5.74) is 2.78. The third-order valence-corrected chi connectivity index (χ3v) is 5.79. The molecule has 0 fully saturated rings. The molecule has 0 radical (unpaired) electrons. The number of hydrogen-bond donors (Lipinski definition) is 0. The summed E-state index contributed by atoms with van der Waals surface area (Å²) in [5, 5.41) is 0.725. The summed E-state index contributed by atoms with van der Waals surface area (Å²) in [7, 11) is 1.60. The van der Waals surface area contributed by atoms with Gasteiger partial charge in [0.2, 0.25) is 0 Å². The van der Waals surface area contributed by atoms with Gasteiger partial charge in [-0.05, 0) is 54.8 Å². The van der Waals surface area contributed by atoms with Crippen LogP contribution in [0.15, 0.2) is 66.9 Å². The second-order valence-electron chi connectivity index (χ2n) is 7.88. The molecule has 2 aromatic carbocycles. The van der Waals surface area contributed by atoms with Gasteiger partial charge in [-0.3, -0.25) is 4.79 Å². The van der Waals surface area contributed by atoms with Crippen LogP contribution in [0.2, 0.25) is 5.02 Å². The Morgan fingerprint density at radius 1 is 1.07 bits per heavy atom. The maximum atomic E-state index is 13.5. The standard InChI is InChI=1S/C25H29ClN2O2/c1-18(2)19(3)28(25(29)23-12-5-6-13-24(23)30-4)17-22-11-8-14-27(22)16-20-9-7-10-21(26)15-20/h5-15,18-19H,16-17H2,1-4H3/t19-/m0/s1. The molecule has 0 unspecified atom stereocenters. The quantitative estimate of drug-likeness (QED) is 0.452. The van der Waals surface area contributed by atoms with E-state index in [9.17, 15) is 4.79 Å². The third kappa shape index (κ3) is 5.06. The fourth-order valence-corrected chi connectivity index (χ4v) is 3.70. The second kappa shape index (κ2) is 9.86. The van der Waals surface area contributed by atoms with Gasteiger partial charge in [-0.1, -0.05) is 49.7 Å². The van der Waals surface area contributed by atoms with Crippen molar-refractivity contribution in [1.82, 2.24) is 9.47 Å². The van der Waals surface area contributed by atoms with Crippen LogP contribution >= 0.6 is 11.6 Å². The van der Waals surface area contributed by atoms with E-state index in [0.717, 1.165) is 16.3 Å². The van der Waals surface area contributed by atoms with Crippen LogP contribution in [0.3, 0.4) is 0 Å². The largest absolute Gasteiger partial charge is 0.496 e. The van der Waals surface area contributed by atoms with Crippen LogP contribution in [0.1, 0.15) is 42.4 Å². The summed E-state index contributed by atoms with van der Waals surface area (Å²) >= 11 is 6.15. The molecule has 30 heavy (non-hydrogen) atoms. The number of carbonyl (C=O) groups excluding carboxylic acids is 1. The van der Waals surface area contributed by atoms with E-state index in [1.165, 1.54) is 0 Å². The summed E-state index contributed by atoms with van der Waals surface area (Å²) in [6.45, 7) is 7.60. The van der Waals surface area contributed by atoms with Crippen molar-refractivity contribution in [3.05, 3.63) is 88.7 Å². The van der Waals surface area contributed by atoms with Crippen molar-refractivity contribution in [2.24, 2.45) is 5.92 Å². The Labute approximate surface area is 184 Å². The van der Waals surface area contributed by atoms with Crippen LogP contribution in [0.4, 0.5) is 0 Å². The van der Waals surface area contributed by atoms with Crippen molar-refractivity contribution in [2.45, 2.75) is 39.9 Å². The van der Waals surface area contributed by atoms with E-state index in [1.54, 1.807) is 7.11 Å². The van der Waals surface area contributed by atoms with Crippen molar-refractivity contribution in [3.8, 4) is 5.75 Å². The zero-order valence-electron chi connectivity index (χ0n) is 18.0. The van der Waals surface area contributed by atoms with Crippen LogP contribution in [-0.4, -0.2) is 28.5 Å². The highest BCUT2D eigenvalue weighted by Crippen LogP contribution is 2.24. The van der Waals surface area contributed by atoms with E-state index >= 15 is 0 Å². The fourth-order valence-electron chi connectivity index (χ4n) is 3.49. The Morgan fingerprint density at radius 2 is 1.83 bits per heavy atom. The van der Waals surface area contributed by atoms with Gasteiger partial charge < -0.3 is 14.2 Å². The number of methoxy groups -OCH3 is 1. The summed E-state index contributed by atoms with van der Waals surface area (Å²) in [6, 6.07) is 19.4. The predicted octanol–water partition coefficient (Wildman–Crippen LogP) is 5.89. The Hall–Kier alpha value is -2.72. The molecule has 0 aliphatic heterocycles. The minimum Gasteiger partial charge on any atom is -0.496 e. The molecule has 158 valence electrons. The molecule has 0 aliphatic carbocycles. The van der Waals surface area contributed by atoms with Gasteiger partial charge in [0.05, 0.1) is 19.2 Å². The van der Waals surface area contributed by atoms with E-state index in [1.807, 2.05) is 59.6 Å². The molecular weight excluding hydrogens is 396 g/mol. The predicted molar refractivity (Wildman–Crippen MR) is 122 cm³/mol. The summed E-state index contributed by atoms with van der Waals surface area (Å²) in [5.74, 6) is 0.891. The fraction of sp³-hybridized carbons (Fsp3) is 0.320. The molecule has 0 saturated carbocycles. The number of benzene rings is 2. The lowest BCUT2D eigenvalue weighted by molar-refractivity contribution is 0.0619. The monoisotopic (exact) mass is 424 g/mol. The number of carbonyl (C=O) groups is 1. The Balaban J connectivity index is 1.90. The number of hydrogen-bond acceptors (Lipinski definition) is 2. The third-order valence-electron chi connectivity index (χ3n) is 5.55. The van der Waals surface area contributed by atoms with Crippen molar-refractivity contribution in [2.75, 3.05) is 7.11 Å². The second-order valence-corrected chi connectivity index (χ2v) is 8.31. The number of aromatic nitrogens is 1. The lowest BCUT2D eigenvalue weighted by Gasteiger charge is -2.32. The minimum absolute atomic E-state index is 0.0239. The first-order chi connectivity index (χ1) is 14.4. The Kier molecular flexibility index (Phi) is 7.22. The van der Waals surface area contributed by atoms with Gasteiger partial charge >= 0.3 is 0 Å². The van der Waals surface area contributed by atoms with Crippen molar-refractivity contribution >= 4 is 17.5 Å². The van der Waals surface area contributed by atoms with Crippen molar-refractivity contribution in [3.63, 3.8) is 0 Å². The van der Waals surface area contributed by atoms with Gasteiger partial charge in [0.1, 0.15) is 5.75 Å². The number of amides is 1. The van der Waals surface area contributed by atoms with Crippen LogP contribution < -0.4 is 4.74 Å². The summed E-state index contributed by atoms with van der Waals surface area (Å²) < 4.78 is 7.61. The van der Waals surface area contributed by atoms with Crippen LogP contribution in [-0.2, 0) is 13.1 Å². The summed E-state index contributed by atoms with van der Waals surface area (Å²) in [4.78, 5) is 15.5. The van der Waals surface area contributed by atoms with Crippen molar-refractivity contribution in [1.29, 1.82) is 0 Å². The molecule has 0 N–H and O–H groups in total. The van der Waals surface area contributed by atoms with Crippen molar-refractivity contribution < 1.29 is 9.53 Å². The van der Waals surface area contributed by atoms with Gasteiger partial charge in [-0.2, -0.15) is 0 Å². The molecule has 3 aromatic rings. The summed E-state index contributed by atoms with van der Waals surface area (Å²) in [6.07, 6.45) is 2.04. The van der Waals surface area contributed by atoms with Gasteiger partial charge in [-0.25, -0.2) is 0 Å². The lowest BCUT2D eigenvalue weighted by atomic mass is 10.0. The number of rotatable bonds is 8. The SMILES string of the molecule is COc1ccccc1C(=O)N(Cc1cccn1Cc1cccc(Cl)c1)[C@@H](C)C(C)C. The van der Waals surface area contributed by atoms with Gasteiger partial charge in [0, 0.05) is 29.5 Å². The molecule has 1 amide bonds. The minimum atomic E-state index is -0.0239. The molecular formula is C25H29ClN2O2. The topological polar surface area (TPSA) is 34.5 Å². The molecule has 0 aliphatic rings. The first-order valence-electron chi connectivity index (χ1n) is 10.2. The van der Waals surface area contributed by atoms with E-state index in [2.05, 4.69) is 37.5 Å². The molecule has 1 aromatic heterocycles. The normalized spacial score (nSPS) is 12.1. The number of para-hydroxylation sites is 1. The zero-order chi connectivity index (χ0) is 21.7.